The second kappa shape index (κ2) is 13.3. The third-order valence-electron chi connectivity index (χ3n) is 8.75. The SMILES string of the molecule is CCOC(=O)N1CC=C(C2=CC=CN3NC(=Nc4ccc(C(=O)N5CCC(c6ccccn6)CC5)cc4)C(CC)C=C23)CC1. The minimum atomic E-state index is -0.258. The van der Waals surface area contributed by atoms with Gasteiger partial charge in [0, 0.05) is 67.2 Å². The number of allylic oxidation sites excluding steroid dienone is 3. The van der Waals surface area contributed by atoms with E-state index in [1.54, 1.807) is 4.90 Å². The second-order valence-corrected chi connectivity index (χ2v) is 11.5. The van der Waals surface area contributed by atoms with Gasteiger partial charge in [0.1, 0.15) is 5.84 Å². The van der Waals surface area contributed by atoms with E-state index in [0.717, 1.165) is 67.3 Å². The number of carbonyl (C=O) groups is 2. The molecule has 1 atom stereocenters. The van der Waals surface area contributed by atoms with E-state index in [-0.39, 0.29) is 17.9 Å². The van der Waals surface area contributed by atoms with Crippen LogP contribution in [0.3, 0.4) is 0 Å². The fourth-order valence-electron chi connectivity index (χ4n) is 6.25. The average molecular weight is 593 g/mol. The van der Waals surface area contributed by atoms with Crippen molar-refractivity contribution in [3.05, 3.63) is 107 Å². The first kappa shape index (κ1) is 29.4. The van der Waals surface area contributed by atoms with Crippen LogP contribution < -0.4 is 5.43 Å². The molecule has 1 aromatic carbocycles. The highest BCUT2D eigenvalue weighted by Crippen LogP contribution is 2.34. The number of ether oxygens (including phenoxy) is 1. The number of aliphatic imine (C=N–C) groups is 1. The maximum absolute atomic E-state index is 13.2. The Balaban J connectivity index is 1.11. The Labute approximate surface area is 259 Å². The molecule has 1 aromatic heterocycles. The number of nitrogens with one attached hydrogen (secondary N) is 1. The van der Waals surface area contributed by atoms with Crippen LogP contribution in [0.2, 0.25) is 0 Å². The number of piperidine rings is 1. The lowest BCUT2D eigenvalue weighted by atomic mass is 9.91. The van der Waals surface area contributed by atoms with Gasteiger partial charge in [-0.15, -0.1) is 0 Å². The molecule has 2 amide bonds. The molecule has 0 aliphatic carbocycles. The number of fused-ring (bicyclic) bond motifs is 1. The molecule has 0 radical (unpaired) electrons. The van der Waals surface area contributed by atoms with Crippen LogP contribution in [0.15, 0.2) is 101 Å². The molecular weight excluding hydrogens is 552 g/mol. The van der Waals surface area contributed by atoms with Crippen LogP contribution in [0.1, 0.15) is 61.5 Å². The third-order valence-corrected chi connectivity index (χ3v) is 8.75. The fraction of sp³-hybridized carbons (Fsp3) is 0.371. The summed E-state index contributed by atoms with van der Waals surface area (Å²) in [5, 5.41) is 2.02. The molecule has 9 nitrogen and oxygen atoms in total. The van der Waals surface area contributed by atoms with Gasteiger partial charge in [0.25, 0.3) is 5.91 Å². The summed E-state index contributed by atoms with van der Waals surface area (Å²) in [5.74, 6) is 1.45. The van der Waals surface area contributed by atoms with Crippen LogP contribution in [0.4, 0.5) is 10.5 Å². The number of amides is 2. The number of carbonyl (C=O) groups excluding carboxylic acids is 2. The molecule has 0 saturated carbocycles. The molecule has 44 heavy (non-hydrogen) atoms. The Morgan fingerprint density at radius 1 is 1.05 bits per heavy atom. The van der Waals surface area contributed by atoms with Gasteiger partial charge in [0.05, 0.1) is 18.0 Å². The van der Waals surface area contributed by atoms with Crippen LogP contribution in [0.25, 0.3) is 0 Å². The molecule has 9 heteroatoms. The monoisotopic (exact) mass is 592 g/mol. The van der Waals surface area contributed by atoms with E-state index in [1.807, 2.05) is 71.7 Å². The van der Waals surface area contributed by atoms with E-state index < -0.39 is 0 Å². The van der Waals surface area contributed by atoms with Crippen molar-refractivity contribution in [2.75, 3.05) is 32.8 Å². The minimum absolute atomic E-state index is 0.0682. The predicted molar refractivity (Wildman–Crippen MR) is 171 cm³/mol. The summed E-state index contributed by atoms with van der Waals surface area (Å²) in [6.45, 7) is 7.02. The summed E-state index contributed by atoms with van der Waals surface area (Å²) in [7, 11) is 0. The minimum Gasteiger partial charge on any atom is -0.450 e. The molecule has 6 rings (SSSR count). The zero-order valence-electron chi connectivity index (χ0n) is 25.5. The van der Waals surface area contributed by atoms with Crippen molar-refractivity contribution in [3.8, 4) is 0 Å². The van der Waals surface area contributed by atoms with E-state index in [4.69, 9.17) is 9.73 Å². The highest BCUT2D eigenvalue weighted by atomic mass is 16.6. The Bertz CT molecular complexity index is 1520. The number of likely N-dealkylation sites (tertiary alicyclic amines) is 1. The second-order valence-electron chi connectivity index (χ2n) is 11.5. The van der Waals surface area contributed by atoms with Gasteiger partial charge in [-0.05, 0) is 86.7 Å². The van der Waals surface area contributed by atoms with Crippen LogP contribution in [0, 0.1) is 5.92 Å². The van der Waals surface area contributed by atoms with Crippen LogP contribution >= 0.6 is 0 Å². The molecule has 1 saturated heterocycles. The van der Waals surface area contributed by atoms with E-state index in [0.29, 0.717) is 31.2 Å². The maximum Gasteiger partial charge on any atom is 0.410 e. The summed E-state index contributed by atoms with van der Waals surface area (Å²) in [6.07, 6.45) is 15.7. The summed E-state index contributed by atoms with van der Waals surface area (Å²) in [4.78, 5) is 38.5. The Hall–Kier alpha value is -4.66. The van der Waals surface area contributed by atoms with Gasteiger partial charge >= 0.3 is 6.09 Å². The van der Waals surface area contributed by atoms with Crippen molar-refractivity contribution in [1.29, 1.82) is 0 Å². The predicted octanol–water partition coefficient (Wildman–Crippen LogP) is 6.10. The van der Waals surface area contributed by atoms with Gasteiger partial charge in [-0.3, -0.25) is 20.2 Å². The molecule has 0 bridgehead atoms. The Morgan fingerprint density at radius 2 is 1.86 bits per heavy atom. The van der Waals surface area contributed by atoms with Crippen molar-refractivity contribution in [2.45, 2.75) is 45.4 Å². The van der Waals surface area contributed by atoms with Crippen molar-refractivity contribution in [2.24, 2.45) is 10.9 Å². The smallest absolute Gasteiger partial charge is 0.410 e. The topological polar surface area (TPSA) is 90.4 Å². The molecule has 1 fully saturated rings. The number of hydrogen-bond donors (Lipinski definition) is 1. The standard InChI is InChI=1S/C35H40N6O3/c1-3-25-24-32-30(26-14-22-40(23-15-26)35(43)44-4-2)8-7-19-41(32)38-33(25)37-29-12-10-28(11-13-29)34(42)39-20-16-27(17-21-39)31-9-5-6-18-36-31/h5-14,18-19,24-25,27H,3-4,15-17,20-23H2,1-2H3,(H,37,38). The number of hydrazine groups is 1. The molecule has 0 spiro atoms. The molecule has 5 heterocycles. The van der Waals surface area contributed by atoms with E-state index in [2.05, 4.69) is 41.6 Å². The van der Waals surface area contributed by atoms with E-state index in [1.165, 1.54) is 5.57 Å². The normalized spacial score (nSPS) is 21.2. The lowest BCUT2D eigenvalue weighted by molar-refractivity contribution is 0.0712. The number of pyridine rings is 1. The van der Waals surface area contributed by atoms with Crippen molar-refractivity contribution in [1.82, 2.24) is 25.2 Å². The maximum atomic E-state index is 13.2. The Morgan fingerprint density at radius 3 is 2.55 bits per heavy atom. The zero-order chi connectivity index (χ0) is 30.5. The number of rotatable bonds is 6. The molecule has 1 N–H and O–H groups in total. The highest BCUT2D eigenvalue weighted by Gasteiger charge is 2.30. The van der Waals surface area contributed by atoms with Gasteiger partial charge in [-0.1, -0.05) is 25.1 Å². The van der Waals surface area contributed by atoms with Crippen molar-refractivity contribution in [3.63, 3.8) is 0 Å². The first-order valence-electron chi connectivity index (χ1n) is 15.7. The van der Waals surface area contributed by atoms with Gasteiger partial charge in [-0.25, -0.2) is 9.79 Å². The number of nitrogens with zero attached hydrogens (tertiary/aromatic N) is 5. The third kappa shape index (κ3) is 6.32. The lowest BCUT2D eigenvalue weighted by Crippen LogP contribution is -2.46. The number of benzene rings is 1. The molecule has 2 aromatic rings. The summed E-state index contributed by atoms with van der Waals surface area (Å²) < 4.78 is 5.17. The zero-order valence-corrected chi connectivity index (χ0v) is 25.5. The largest absolute Gasteiger partial charge is 0.450 e. The molecule has 4 aliphatic heterocycles. The summed E-state index contributed by atoms with van der Waals surface area (Å²) in [6, 6.07) is 13.7. The van der Waals surface area contributed by atoms with Gasteiger partial charge in [0.15, 0.2) is 0 Å². The molecular formula is C35H40N6O3. The summed E-state index contributed by atoms with van der Waals surface area (Å²) in [5.41, 5.74) is 9.61. The van der Waals surface area contributed by atoms with E-state index >= 15 is 0 Å². The van der Waals surface area contributed by atoms with Crippen molar-refractivity contribution < 1.29 is 14.3 Å². The fourth-order valence-corrected chi connectivity index (χ4v) is 6.25. The highest BCUT2D eigenvalue weighted by molar-refractivity contribution is 5.95. The molecule has 1 unspecified atom stereocenters. The molecule has 228 valence electrons. The number of aromatic nitrogens is 1. The first-order chi connectivity index (χ1) is 21.5. The number of hydrogen-bond acceptors (Lipinski definition) is 6. The average Bonchev–Trinajstić information content (AvgIpc) is 3.08. The van der Waals surface area contributed by atoms with Crippen LogP contribution in [-0.2, 0) is 4.74 Å². The van der Waals surface area contributed by atoms with Crippen LogP contribution in [0.5, 0.6) is 0 Å². The first-order valence-corrected chi connectivity index (χ1v) is 15.7. The van der Waals surface area contributed by atoms with Gasteiger partial charge in [-0.2, -0.15) is 0 Å². The van der Waals surface area contributed by atoms with Crippen LogP contribution in [-0.4, -0.2) is 70.4 Å². The van der Waals surface area contributed by atoms with Gasteiger partial charge < -0.3 is 14.5 Å². The lowest BCUT2D eigenvalue weighted by Gasteiger charge is -2.37. The van der Waals surface area contributed by atoms with E-state index in [9.17, 15) is 9.59 Å². The number of amidine groups is 1. The Kier molecular flexibility index (Phi) is 8.91. The van der Waals surface area contributed by atoms with Crippen molar-refractivity contribution >= 4 is 23.5 Å². The van der Waals surface area contributed by atoms with Gasteiger partial charge in [0.2, 0.25) is 0 Å². The molecule has 4 aliphatic rings. The quantitative estimate of drug-likeness (QED) is 0.436. The summed E-state index contributed by atoms with van der Waals surface area (Å²) >= 11 is 0.